The van der Waals surface area contributed by atoms with Crippen molar-refractivity contribution < 1.29 is 0 Å². The molecule has 2 nitrogen and oxygen atoms in total. The van der Waals surface area contributed by atoms with Crippen molar-refractivity contribution in [1.29, 1.82) is 5.26 Å². The van der Waals surface area contributed by atoms with Crippen LogP contribution < -0.4 is 5.73 Å². The lowest BCUT2D eigenvalue weighted by molar-refractivity contribution is 1.40. The van der Waals surface area contributed by atoms with Crippen LogP contribution in [0.4, 0.5) is 5.00 Å². The molecule has 0 atom stereocenters. The highest BCUT2D eigenvalue weighted by Crippen LogP contribution is 2.43. The Bertz CT molecular complexity index is 623. The summed E-state index contributed by atoms with van der Waals surface area (Å²) in [4.78, 5) is 1.03. The zero-order valence-electron chi connectivity index (χ0n) is 9.54. The molecule has 0 saturated carbocycles. The molecular weight excluding hydrogens is 296 g/mol. The second-order valence-corrected chi connectivity index (χ2v) is 5.76. The van der Waals surface area contributed by atoms with E-state index >= 15 is 0 Å². The molecule has 0 spiro atoms. The minimum Gasteiger partial charge on any atom is -0.389 e. The molecule has 2 rings (SSSR count). The van der Waals surface area contributed by atoms with Crippen molar-refractivity contribution in [1.82, 2.24) is 0 Å². The van der Waals surface area contributed by atoms with Gasteiger partial charge in [-0.1, -0.05) is 23.8 Å². The Labute approximate surface area is 113 Å². The Morgan fingerprint density at radius 3 is 2.65 bits per heavy atom. The third-order valence-corrected chi connectivity index (χ3v) is 4.73. The maximum absolute atomic E-state index is 9.03. The largest absolute Gasteiger partial charge is 0.389 e. The summed E-state index contributed by atoms with van der Waals surface area (Å²) < 4.78 is 0.802. The van der Waals surface area contributed by atoms with E-state index < -0.39 is 0 Å². The third-order valence-electron chi connectivity index (χ3n) is 2.63. The third kappa shape index (κ3) is 2.08. The molecule has 17 heavy (non-hydrogen) atoms. The molecule has 0 bridgehead atoms. The van der Waals surface area contributed by atoms with Gasteiger partial charge in [-0.3, -0.25) is 0 Å². The van der Waals surface area contributed by atoms with E-state index in [9.17, 15) is 0 Å². The first-order chi connectivity index (χ1) is 8.04. The van der Waals surface area contributed by atoms with Crippen LogP contribution in [0.15, 0.2) is 22.7 Å². The molecule has 0 unspecified atom stereocenters. The van der Waals surface area contributed by atoms with Gasteiger partial charge in [0.05, 0.1) is 9.35 Å². The molecule has 1 aromatic heterocycles. The van der Waals surface area contributed by atoms with E-state index in [1.165, 1.54) is 22.5 Å². The van der Waals surface area contributed by atoms with E-state index in [0.29, 0.717) is 10.6 Å². The highest BCUT2D eigenvalue weighted by atomic mass is 79.9. The summed E-state index contributed by atoms with van der Waals surface area (Å²) >= 11 is 4.92. The van der Waals surface area contributed by atoms with E-state index in [2.05, 4.69) is 54.0 Å². The summed E-state index contributed by atoms with van der Waals surface area (Å²) in [6, 6.07) is 8.40. The van der Waals surface area contributed by atoms with Crippen LogP contribution in [0.3, 0.4) is 0 Å². The molecule has 0 fully saturated rings. The van der Waals surface area contributed by atoms with Crippen LogP contribution in [0, 0.1) is 25.2 Å². The molecule has 1 heterocycles. The molecule has 0 aliphatic carbocycles. The molecule has 2 N–H and O–H groups in total. The van der Waals surface area contributed by atoms with Crippen LogP contribution in [0.25, 0.3) is 10.4 Å². The van der Waals surface area contributed by atoms with E-state index in [1.807, 2.05) is 0 Å². The lowest BCUT2D eigenvalue weighted by Gasteiger charge is -2.05. The average molecular weight is 307 g/mol. The molecule has 0 aliphatic rings. The highest BCUT2D eigenvalue weighted by Gasteiger charge is 2.16. The minimum atomic E-state index is 0.533. The van der Waals surface area contributed by atoms with Gasteiger partial charge in [0.15, 0.2) is 0 Å². The summed E-state index contributed by atoms with van der Waals surface area (Å²) in [5.74, 6) is 0. The lowest BCUT2D eigenvalue weighted by Crippen LogP contribution is -1.83. The van der Waals surface area contributed by atoms with Crippen molar-refractivity contribution in [2.75, 3.05) is 5.73 Å². The second kappa shape index (κ2) is 4.52. The predicted molar refractivity (Wildman–Crippen MR) is 76.1 cm³/mol. The fourth-order valence-electron chi connectivity index (χ4n) is 1.69. The van der Waals surface area contributed by atoms with E-state index in [1.54, 1.807) is 0 Å². The average Bonchev–Trinajstić information content (AvgIpc) is 2.57. The quantitative estimate of drug-likeness (QED) is 0.856. The zero-order chi connectivity index (χ0) is 12.6. The van der Waals surface area contributed by atoms with Crippen LogP contribution in [0.1, 0.15) is 16.7 Å². The van der Waals surface area contributed by atoms with Gasteiger partial charge in [-0.05, 0) is 40.9 Å². The predicted octanol–water partition coefficient (Wildman–Crippen LogP) is 4.25. The Morgan fingerprint density at radius 2 is 2.06 bits per heavy atom. The summed E-state index contributed by atoms with van der Waals surface area (Å²) in [5.41, 5.74) is 9.89. The topological polar surface area (TPSA) is 49.8 Å². The van der Waals surface area contributed by atoms with E-state index in [4.69, 9.17) is 11.0 Å². The number of nitrogens with zero attached hydrogens (tertiary/aromatic N) is 1. The minimum absolute atomic E-state index is 0.533. The van der Waals surface area contributed by atoms with Gasteiger partial charge in [0.1, 0.15) is 16.6 Å². The Hall–Kier alpha value is -1.31. The lowest BCUT2D eigenvalue weighted by atomic mass is 10.0. The number of anilines is 1. The SMILES string of the molecule is Cc1ccc(C)c(-c2sc(N)c(C#N)c2Br)c1. The number of hydrogen-bond donors (Lipinski definition) is 1. The van der Waals surface area contributed by atoms with Crippen molar-refractivity contribution in [3.63, 3.8) is 0 Å². The van der Waals surface area contributed by atoms with Gasteiger partial charge in [-0.2, -0.15) is 5.26 Å². The van der Waals surface area contributed by atoms with Crippen molar-refractivity contribution in [3.8, 4) is 16.5 Å². The first-order valence-electron chi connectivity index (χ1n) is 5.10. The Morgan fingerprint density at radius 1 is 1.35 bits per heavy atom. The van der Waals surface area contributed by atoms with Gasteiger partial charge < -0.3 is 5.73 Å². The molecular formula is C13H11BrN2S. The maximum Gasteiger partial charge on any atom is 0.106 e. The van der Waals surface area contributed by atoms with Crippen molar-refractivity contribution in [3.05, 3.63) is 39.4 Å². The van der Waals surface area contributed by atoms with Crippen molar-refractivity contribution >= 4 is 32.3 Å². The number of aryl methyl sites for hydroxylation is 2. The number of hydrogen-bond acceptors (Lipinski definition) is 3. The van der Waals surface area contributed by atoms with E-state index in [0.717, 1.165) is 14.9 Å². The number of nitrogen functional groups attached to an aromatic ring is 1. The molecule has 2 aromatic rings. The van der Waals surface area contributed by atoms with Crippen LogP contribution in [-0.4, -0.2) is 0 Å². The number of nitriles is 1. The fraction of sp³-hybridized carbons (Fsp3) is 0.154. The van der Waals surface area contributed by atoms with Crippen molar-refractivity contribution in [2.24, 2.45) is 0 Å². The fourth-order valence-corrected chi connectivity index (χ4v) is 3.57. The first-order valence-corrected chi connectivity index (χ1v) is 6.71. The number of nitrogens with two attached hydrogens (primary N) is 1. The number of benzene rings is 1. The Balaban J connectivity index is 2.70. The molecule has 0 aliphatic heterocycles. The number of thiophene rings is 1. The molecule has 86 valence electrons. The van der Waals surface area contributed by atoms with Gasteiger partial charge in [-0.25, -0.2) is 0 Å². The first kappa shape index (κ1) is 12.2. The van der Waals surface area contributed by atoms with Gasteiger partial charge in [0, 0.05) is 0 Å². The smallest absolute Gasteiger partial charge is 0.106 e. The van der Waals surface area contributed by atoms with E-state index in [-0.39, 0.29) is 0 Å². The molecule has 4 heteroatoms. The number of halogens is 1. The monoisotopic (exact) mass is 306 g/mol. The van der Waals surface area contributed by atoms with Crippen molar-refractivity contribution in [2.45, 2.75) is 13.8 Å². The summed E-state index contributed by atoms with van der Waals surface area (Å²) in [6.45, 7) is 4.11. The molecule has 0 amide bonds. The van der Waals surface area contributed by atoms with Gasteiger partial charge >= 0.3 is 0 Å². The van der Waals surface area contributed by atoms with Crippen LogP contribution in [-0.2, 0) is 0 Å². The summed E-state index contributed by atoms with van der Waals surface area (Å²) in [5, 5.41) is 9.60. The van der Waals surface area contributed by atoms with Gasteiger partial charge in [0.2, 0.25) is 0 Å². The summed E-state index contributed by atoms with van der Waals surface area (Å²) in [6.07, 6.45) is 0. The highest BCUT2D eigenvalue weighted by molar-refractivity contribution is 9.10. The van der Waals surface area contributed by atoms with Gasteiger partial charge in [-0.15, -0.1) is 11.3 Å². The maximum atomic E-state index is 9.03. The summed E-state index contributed by atoms with van der Waals surface area (Å²) in [7, 11) is 0. The number of rotatable bonds is 1. The second-order valence-electron chi connectivity index (χ2n) is 3.91. The normalized spacial score (nSPS) is 10.2. The standard InChI is InChI=1S/C13H11BrN2S/c1-7-3-4-8(2)9(5-7)12-11(14)10(6-15)13(16)17-12/h3-5H,16H2,1-2H3. The van der Waals surface area contributed by atoms with Gasteiger partial charge in [0.25, 0.3) is 0 Å². The zero-order valence-corrected chi connectivity index (χ0v) is 11.9. The molecule has 0 saturated heterocycles. The van der Waals surface area contributed by atoms with Crippen LogP contribution >= 0.6 is 27.3 Å². The van der Waals surface area contributed by atoms with Crippen LogP contribution in [0.5, 0.6) is 0 Å². The molecule has 1 aromatic carbocycles. The Kier molecular flexibility index (Phi) is 3.23. The van der Waals surface area contributed by atoms with Crippen LogP contribution in [0.2, 0.25) is 0 Å². The molecule has 0 radical (unpaired) electrons.